The number of rotatable bonds is 2. The van der Waals surface area contributed by atoms with Crippen LogP contribution < -0.4 is 4.74 Å². The highest BCUT2D eigenvalue weighted by molar-refractivity contribution is 5.86. The summed E-state index contributed by atoms with van der Waals surface area (Å²) in [5, 5.41) is 16.1. The fourth-order valence-electron chi connectivity index (χ4n) is 2.25. The van der Waals surface area contributed by atoms with E-state index in [1.165, 1.54) is 0 Å². The van der Waals surface area contributed by atoms with Crippen LogP contribution in [-0.2, 0) is 0 Å². The van der Waals surface area contributed by atoms with Crippen molar-refractivity contribution in [3.05, 3.63) is 60.9 Å². The zero-order valence-corrected chi connectivity index (χ0v) is 11.0. The Bertz CT molecular complexity index is 946. The molecule has 0 bridgehead atoms. The molecule has 0 unspecified atom stereocenters. The van der Waals surface area contributed by atoms with Gasteiger partial charge in [0.15, 0.2) is 17.1 Å². The first-order chi connectivity index (χ1) is 10.3. The molecule has 0 amide bonds. The molecule has 0 spiro atoms. The van der Waals surface area contributed by atoms with Crippen LogP contribution in [0.25, 0.3) is 16.4 Å². The molecule has 2 aromatic heterocycles. The van der Waals surface area contributed by atoms with Gasteiger partial charge in [-0.25, -0.2) is 4.52 Å². The smallest absolute Gasteiger partial charge is 0.222 e. The fourth-order valence-corrected chi connectivity index (χ4v) is 2.25. The monoisotopic (exact) mass is 277 g/mol. The predicted molar refractivity (Wildman–Crippen MR) is 78.7 cm³/mol. The van der Waals surface area contributed by atoms with Crippen molar-refractivity contribution in [2.45, 2.75) is 0 Å². The average Bonchev–Trinajstić information content (AvgIpc) is 2.95. The topological polar surface area (TPSA) is 59.7 Å². The lowest BCUT2D eigenvalue weighted by atomic mass is 10.1. The van der Waals surface area contributed by atoms with Crippen molar-refractivity contribution in [3.8, 4) is 17.4 Å². The van der Waals surface area contributed by atoms with E-state index >= 15 is 0 Å². The molecule has 0 aliphatic heterocycles. The minimum Gasteiger partial charge on any atom is -0.504 e. The molecule has 21 heavy (non-hydrogen) atoms. The normalized spacial score (nSPS) is 11.0. The summed E-state index contributed by atoms with van der Waals surface area (Å²) in [6, 6.07) is 14.7. The lowest BCUT2D eigenvalue weighted by Gasteiger charge is -2.08. The Morgan fingerprint density at radius 2 is 1.81 bits per heavy atom. The minimum absolute atomic E-state index is 0.0869. The summed E-state index contributed by atoms with van der Waals surface area (Å²) in [5.74, 6) is 0.877. The third kappa shape index (κ3) is 2.04. The quantitative estimate of drug-likeness (QED) is 0.610. The van der Waals surface area contributed by atoms with Crippen LogP contribution in [0.3, 0.4) is 0 Å². The summed E-state index contributed by atoms with van der Waals surface area (Å²) >= 11 is 0. The number of aromatic hydroxyl groups is 1. The number of hydrogen-bond acceptors (Lipinski definition) is 4. The van der Waals surface area contributed by atoms with E-state index < -0.39 is 0 Å². The third-order valence-electron chi connectivity index (χ3n) is 3.27. The fraction of sp³-hybridized carbons (Fsp3) is 0. The molecule has 4 aromatic rings. The van der Waals surface area contributed by atoms with Gasteiger partial charge < -0.3 is 9.84 Å². The van der Waals surface area contributed by atoms with Crippen LogP contribution in [-0.4, -0.2) is 19.7 Å². The number of phenolic OH excluding ortho intramolecular Hbond substituents is 1. The first-order valence-corrected chi connectivity index (χ1v) is 6.50. The maximum absolute atomic E-state index is 10.1. The molecule has 0 fully saturated rings. The molecule has 0 aliphatic carbocycles. The zero-order chi connectivity index (χ0) is 14.2. The van der Waals surface area contributed by atoms with Crippen molar-refractivity contribution in [3.63, 3.8) is 0 Å². The van der Waals surface area contributed by atoms with Gasteiger partial charge in [0, 0.05) is 18.3 Å². The lowest BCUT2D eigenvalue weighted by molar-refractivity contribution is 0.404. The molecule has 2 heterocycles. The van der Waals surface area contributed by atoms with Crippen LogP contribution in [0.15, 0.2) is 60.9 Å². The predicted octanol–water partition coefficient (Wildman–Crippen LogP) is 3.38. The van der Waals surface area contributed by atoms with Gasteiger partial charge in [-0.1, -0.05) is 24.3 Å². The highest BCUT2D eigenvalue weighted by Crippen LogP contribution is 2.34. The number of aromatic nitrogens is 3. The summed E-state index contributed by atoms with van der Waals surface area (Å²) in [7, 11) is 0. The van der Waals surface area contributed by atoms with Crippen molar-refractivity contribution in [1.82, 2.24) is 14.6 Å². The van der Waals surface area contributed by atoms with Gasteiger partial charge in [-0.3, -0.25) is 0 Å². The number of phenols is 1. The summed E-state index contributed by atoms with van der Waals surface area (Å²) in [5.41, 5.74) is 0.688. The second-order valence-corrected chi connectivity index (χ2v) is 4.67. The van der Waals surface area contributed by atoms with Crippen LogP contribution in [0.4, 0.5) is 0 Å². The van der Waals surface area contributed by atoms with Gasteiger partial charge in [-0.2, -0.15) is 10.1 Å². The van der Waals surface area contributed by atoms with Gasteiger partial charge in [-0.05, 0) is 22.9 Å². The molecule has 2 aromatic carbocycles. The number of fused-ring (bicyclic) bond motifs is 2. The standard InChI is InChI=1S/C16H11N3O2/c20-13-9-11-3-1-2-4-12(11)10-14(13)21-16-6-8-19-15(18-16)5-7-17-19/h1-10,20H. The van der Waals surface area contributed by atoms with Crippen molar-refractivity contribution in [2.24, 2.45) is 0 Å². The first kappa shape index (κ1) is 11.7. The minimum atomic E-state index is 0.0869. The molecule has 0 radical (unpaired) electrons. The van der Waals surface area contributed by atoms with Gasteiger partial charge in [0.05, 0.1) is 6.20 Å². The molecule has 102 valence electrons. The van der Waals surface area contributed by atoms with Crippen molar-refractivity contribution in [1.29, 1.82) is 0 Å². The third-order valence-corrected chi connectivity index (χ3v) is 3.27. The largest absolute Gasteiger partial charge is 0.504 e. The van der Waals surface area contributed by atoms with Crippen LogP contribution in [0.1, 0.15) is 0 Å². The van der Waals surface area contributed by atoms with Gasteiger partial charge >= 0.3 is 0 Å². The lowest BCUT2D eigenvalue weighted by Crippen LogP contribution is -1.93. The summed E-state index contributed by atoms with van der Waals surface area (Å²) in [4.78, 5) is 4.32. The van der Waals surface area contributed by atoms with Crippen LogP contribution in [0, 0.1) is 0 Å². The summed E-state index contributed by atoms with van der Waals surface area (Å²) < 4.78 is 7.34. The Morgan fingerprint density at radius 1 is 1.00 bits per heavy atom. The van der Waals surface area contributed by atoms with Gasteiger partial charge in [-0.15, -0.1) is 0 Å². The van der Waals surface area contributed by atoms with E-state index in [2.05, 4.69) is 10.1 Å². The van der Waals surface area contributed by atoms with Crippen LogP contribution in [0.5, 0.6) is 17.4 Å². The molecule has 0 aliphatic rings. The van der Waals surface area contributed by atoms with E-state index in [1.54, 1.807) is 41.2 Å². The Hall–Kier alpha value is -3.08. The van der Waals surface area contributed by atoms with Crippen molar-refractivity contribution < 1.29 is 9.84 Å². The van der Waals surface area contributed by atoms with E-state index in [9.17, 15) is 5.11 Å². The molecular formula is C16H11N3O2. The number of ether oxygens (including phenoxy) is 1. The molecule has 5 heteroatoms. The molecular weight excluding hydrogens is 266 g/mol. The second-order valence-electron chi connectivity index (χ2n) is 4.67. The number of benzene rings is 2. The van der Waals surface area contributed by atoms with Crippen LogP contribution >= 0.6 is 0 Å². The van der Waals surface area contributed by atoms with E-state index in [-0.39, 0.29) is 5.75 Å². The van der Waals surface area contributed by atoms with Gasteiger partial charge in [0.25, 0.3) is 0 Å². The highest BCUT2D eigenvalue weighted by atomic mass is 16.5. The van der Waals surface area contributed by atoms with Crippen molar-refractivity contribution >= 4 is 16.4 Å². The van der Waals surface area contributed by atoms with E-state index in [0.29, 0.717) is 17.3 Å². The Morgan fingerprint density at radius 3 is 2.67 bits per heavy atom. The summed E-state index contributed by atoms with van der Waals surface area (Å²) in [6.45, 7) is 0. The Kier molecular flexibility index (Phi) is 2.50. The first-order valence-electron chi connectivity index (χ1n) is 6.50. The van der Waals surface area contributed by atoms with Crippen LogP contribution in [0.2, 0.25) is 0 Å². The zero-order valence-electron chi connectivity index (χ0n) is 11.0. The van der Waals surface area contributed by atoms with Gasteiger partial charge in [0.1, 0.15) is 0 Å². The molecule has 0 saturated heterocycles. The Labute approximate surface area is 120 Å². The molecule has 1 N–H and O–H groups in total. The SMILES string of the molecule is Oc1cc2ccccc2cc1Oc1ccn2nccc2n1. The number of hydrogen-bond donors (Lipinski definition) is 1. The highest BCUT2D eigenvalue weighted by Gasteiger charge is 2.08. The van der Waals surface area contributed by atoms with E-state index in [1.807, 2.05) is 24.3 Å². The molecule has 0 saturated carbocycles. The second kappa shape index (κ2) is 4.49. The number of nitrogens with zero attached hydrogens (tertiary/aromatic N) is 3. The summed E-state index contributed by atoms with van der Waals surface area (Å²) in [6.07, 6.45) is 3.43. The maximum Gasteiger partial charge on any atom is 0.222 e. The average molecular weight is 277 g/mol. The molecule has 0 atom stereocenters. The van der Waals surface area contributed by atoms with Gasteiger partial charge in [0.2, 0.25) is 5.88 Å². The van der Waals surface area contributed by atoms with Crippen molar-refractivity contribution in [2.75, 3.05) is 0 Å². The molecule has 4 rings (SSSR count). The maximum atomic E-state index is 10.1. The van der Waals surface area contributed by atoms with E-state index in [0.717, 1.165) is 10.8 Å². The van der Waals surface area contributed by atoms with E-state index in [4.69, 9.17) is 4.74 Å². The Balaban J connectivity index is 1.77. The molecule has 5 nitrogen and oxygen atoms in total.